The lowest BCUT2D eigenvalue weighted by atomic mass is 10.4. The maximum absolute atomic E-state index is 11.2. The molecule has 0 saturated carbocycles. The van der Waals surface area contributed by atoms with Crippen LogP contribution < -0.4 is 5.56 Å². The largest absolute Gasteiger partial charge is 0.502 e. The number of nitro groups is 1. The SMILES string of the molecule is CCn1ccc(O)c([N+](=O)[O-])c1=O. The van der Waals surface area contributed by atoms with Crippen molar-refractivity contribution in [1.82, 2.24) is 4.57 Å². The number of nitrogens with zero attached hydrogens (tertiary/aromatic N) is 2. The Bertz CT molecular complexity index is 396. The van der Waals surface area contributed by atoms with Gasteiger partial charge in [-0.1, -0.05) is 0 Å². The third-order valence-corrected chi connectivity index (χ3v) is 1.64. The van der Waals surface area contributed by atoms with Crippen LogP contribution in [0.15, 0.2) is 17.1 Å². The minimum atomic E-state index is -0.885. The minimum absolute atomic E-state index is 0.333. The number of hydrogen-bond acceptors (Lipinski definition) is 4. The molecule has 70 valence electrons. The van der Waals surface area contributed by atoms with E-state index < -0.39 is 21.9 Å². The molecule has 13 heavy (non-hydrogen) atoms. The summed E-state index contributed by atoms with van der Waals surface area (Å²) < 4.78 is 1.15. The normalized spacial score (nSPS) is 9.92. The Morgan fingerprint density at radius 2 is 2.31 bits per heavy atom. The second-order valence-electron chi connectivity index (χ2n) is 2.40. The summed E-state index contributed by atoms with van der Waals surface area (Å²) in [5.41, 5.74) is -1.56. The molecule has 0 aliphatic carbocycles. The van der Waals surface area contributed by atoms with E-state index in [0.29, 0.717) is 6.54 Å². The van der Waals surface area contributed by atoms with Crippen molar-refractivity contribution in [3.05, 3.63) is 32.7 Å². The van der Waals surface area contributed by atoms with Crippen molar-refractivity contribution in [2.75, 3.05) is 0 Å². The van der Waals surface area contributed by atoms with Crippen molar-refractivity contribution in [3.8, 4) is 5.75 Å². The summed E-state index contributed by atoms with van der Waals surface area (Å²) in [5, 5.41) is 19.4. The summed E-state index contributed by atoms with van der Waals surface area (Å²) in [6.07, 6.45) is 1.31. The molecule has 0 fully saturated rings. The van der Waals surface area contributed by atoms with Gasteiger partial charge < -0.3 is 9.67 Å². The second kappa shape index (κ2) is 3.26. The van der Waals surface area contributed by atoms with Crippen LogP contribution in [-0.2, 0) is 6.54 Å². The van der Waals surface area contributed by atoms with Crippen LogP contribution >= 0.6 is 0 Å². The fraction of sp³-hybridized carbons (Fsp3) is 0.286. The van der Waals surface area contributed by atoms with E-state index in [1.54, 1.807) is 6.92 Å². The molecule has 0 spiro atoms. The van der Waals surface area contributed by atoms with Gasteiger partial charge in [0.1, 0.15) is 0 Å². The minimum Gasteiger partial charge on any atom is -0.502 e. The highest BCUT2D eigenvalue weighted by molar-refractivity contribution is 5.42. The molecule has 0 bridgehead atoms. The first-order valence-electron chi connectivity index (χ1n) is 3.64. The summed E-state index contributed by atoms with van der Waals surface area (Å²) in [4.78, 5) is 20.7. The first-order valence-corrected chi connectivity index (χ1v) is 3.64. The molecular weight excluding hydrogens is 176 g/mol. The predicted molar refractivity (Wildman–Crippen MR) is 44.7 cm³/mol. The quantitative estimate of drug-likeness (QED) is 0.535. The summed E-state index contributed by atoms with van der Waals surface area (Å²) in [6, 6.07) is 1.13. The topological polar surface area (TPSA) is 85.4 Å². The van der Waals surface area contributed by atoms with Gasteiger partial charge >= 0.3 is 11.2 Å². The van der Waals surface area contributed by atoms with Crippen molar-refractivity contribution < 1.29 is 10.0 Å². The van der Waals surface area contributed by atoms with Crippen molar-refractivity contribution in [2.24, 2.45) is 0 Å². The van der Waals surface area contributed by atoms with Gasteiger partial charge in [-0.15, -0.1) is 0 Å². The third-order valence-electron chi connectivity index (χ3n) is 1.64. The van der Waals surface area contributed by atoms with Gasteiger partial charge in [0.2, 0.25) is 5.75 Å². The first-order chi connectivity index (χ1) is 6.07. The van der Waals surface area contributed by atoms with Gasteiger partial charge in [-0.2, -0.15) is 0 Å². The third kappa shape index (κ3) is 1.51. The Balaban J connectivity index is 3.48. The molecule has 0 atom stereocenters. The molecule has 1 aromatic rings. The van der Waals surface area contributed by atoms with Crippen LogP contribution in [0.3, 0.4) is 0 Å². The Morgan fingerprint density at radius 1 is 1.69 bits per heavy atom. The Kier molecular flexibility index (Phi) is 2.32. The van der Waals surface area contributed by atoms with Crippen LogP contribution in [0.25, 0.3) is 0 Å². The highest BCUT2D eigenvalue weighted by Crippen LogP contribution is 2.18. The van der Waals surface area contributed by atoms with E-state index in [9.17, 15) is 14.9 Å². The van der Waals surface area contributed by atoms with E-state index in [-0.39, 0.29) is 0 Å². The van der Waals surface area contributed by atoms with Crippen molar-refractivity contribution in [2.45, 2.75) is 13.5 Å². The summed E-state index contributed by atoms with van der Waals surface area (Å²) in [5.74, 6) is -0.597. The van der Waals surface area contributed by atoms with E-state index in [1.165, 1.54) is 6.20 Å². The standard InChI is InChI=1S/C7H8N2O4/c1-2-8-4-3-5(10)6(7(8)11)9(12)13/h3-4,10H,2H2,1H3. The van der Waals surface area contributed by atoms with E-state index >= 15 is 0 Å². The number of aromatic nitrogens is 1. The van der Waals surface area contributed by atoms with Crippen molar-refractivity contribution >= 4 is 5.69 Å². The van der Waals surface area contributed by atoms with E-state index in [2.05, 4.69) is 0 Å². The monoisotopic (exact) mass is 184 g/mol. The average molecular weight is 184 g/mol. The van der Waals surface area contributed by atoms with Gasteiger partial charge in [0.25, 0.3) is 0 Å². The van der Waals surface area contributed by atoms with E-state index in [1.807, 2.05) is 0 Å². The van der Waals surface area contributed by atoms with Crippen molar-refractivity contribution in [3.63, 3.8) is 0 Å². The summed E-state index contributed by atoms with van der Waals surface area (Å²) >= 11 is 0. The fourth-order valence-corrected chi connectivity index (χ4v) is 0.973. The highest BCUT2D eigenvalue weighted by Gasteiger charge is 2.19. The van der Waals surface area contributed by atoms with Gasteiger partial charge in [0, 0.05) is 18.8 Å². The van der Waals surface area contributed by atoms with Gasteiger partial charge in [0.05, 0.1) is 4.92 Å². The maximum atomic E-state index is 11.2. The highest BCUT2D eigenvalue weighted by atomic mass is 16.6. The number of aromatic hydroxyl groups is 1. The lowest BCUT2D eigenvalue weighted by Crippen LogP contribution is -2.20. The molecule has 0 saturated heterocycles. The lowest BCUT2D eigenvalue weighted by Gasteiger charge is -2.00. The predicted octanol–water partition coefficient (Wildman–Crippen LogP) is 0.482. The smallest absolute Gasteiger partial charge is 0.375 e. The lowest BCUT2D eigenvalue weighted by molar-refractivity contribution is -0.387. The Hall–Kier alpha value is -1.85. The van der Waals surface area contributed by atoms with Gasteiger partial charge in [-0.3, -0.25) is 14.9 Å². The Morgan fingerprint density at radius 3 is 2.77 bits per heavy atom. The number of rotatable bonds is 2. The summed E-state index contributed by atoms with van der Waals surface area (Å²) in [6.45, 7) is 2.02. The van der Waals surface area contributed by atoms with E-state index in [0.717, 1.165) is 10.6 Å². The zero-order chi connectivity index (χ0) is 10.0. The van der Waals surface area contributed by atoms with Crippen LogP contribution in [0.1, 0.15) is 6.92 Å². The number of aryl methyl sites for hydroxylation is 1. The van der Waals surface area contributed by atoms with Crippen molar-refractivity contribution in [1.29, 1.82) is 0 Å². The van der Waals surface area contributed by atoms with Crippen LogP contribution in [-0.4, -0.2) is 14.6 Å². The molecule has 6 heteroatoms. The number of hydrogen-bond donors (Lipinski definition) is 1. The average Bonchev–Trinajstić information content (AvgIpc) is 2.04. The van der Waals surface area contributed by atoms with Crippen LogP contribution in [0.5, 0.6) is 5.75 Å². The van der Waals surface area contributed by atoms with Crippen LogP contribution in [0.4, 0.5) is 5.69 Å². The number of pyridine rings is 1. The summed E-state index contributed by atoms with van der Waals surface area (Å²) in [7, 11) is 0. The molecule has 1 N–H and O–H groups in total. The zero-order valence-electron chi connectivity index (χ0n) is 6.93. The van der Waals surface area contributed by atoms with Gasteiger partial charge in [-0.05, 0) is 6.92 Å². The molecule has 1 heterocycles. The molecule has 6 nitrogen and oxygen atoms in total. The van der Waals surface area contributed by atoms with Crippen LogP contribution in [0.2, 0.25) is 0 Å². The molecule has 0 aliphatic rings. The maximum Gasteiger partial charge on any atom is 0.375 e. The Labute approximate surface area is 73.2 Å². The first kappa shape index (κ1) is 9.24. The molecule has 0 radical (unpaired) electrons. The molecular formula is C7H8N2O4. The van der Waals surface area contributed by atoms with E-state index in [4.69, 9.17) is 5.11 Å². The molecule has 1 rings (SSSR count). The molecule has 0 unspecified atom stereocenters. The molecule has 0 aromatic carbocycles. The fourth-order valence-electron chi connectivity index (χ4n) is 0.973. The molecule has 0 amide bonds. The molecule has 0 aliphatic heterocycles. The second-order valence-corrected chi connectivity index (χ2v) is 2.40. The molecule has 1 aromatic heterocycles. The van der Waals surface area contributed by atoms with Crippen LogP contribution in [0, 0.1) is 10.1 Å². The zero-order valence-corrected chi connectivity index (χ0v) is 6.93. The van der Waals surface area contributed by atoms with Gasteiger partial charge in [0.15, 0.2) is 0 Å². The van der Waals surface area contributed by atoms with Gasteiger partial charge in [-0.25, -0.2) is 0 Å².